The van der Waals surface area contributed by atoms with Gasteiger partial charge in [-0.1, -0.05) is 12.1 Å². The summed E-state index contributed by atoms with van der Waals surface area (Å²) >= 11 is 0. The zero-order chi connectivity index (χ0) is 9.84. The van der Waals surface area contributed by atoms with Gasteiger partial charge in [0, 0.05) is 6.04 Å². The number of hydrogen-bond acceptors (Lipinski definition) is 2. The van der Waals surface area contributed by atoms with Crippen LogP contribution in [0.25, 0.3) is 0 Å². The molecule has 0 saturated heterocycles. The van der Waals surface area contributed by atoms with Crippen LogP contribution in [0.15, 0.2) is 24.3 Å². The first-order valence-corrected chi connectivity index (χ1v) is 4.45. The third-order valence-corrected chi connectivity index (χ3v) is 2.37. The topological polar surface area (TPSA) is 12.5 Å². The van der Waals surface area contributed by atoms with Gasteiger partial charge in [-0.2, -0.15) is 0 Å². The molecule has 0 heterocycles. The van der Waals surface area contributed by atoms with E-state index >= 15 is 0 Å². The fourth-order valence-electron chi connectivity index (χ4n) is 1.18. The fraction of sp³-hybridized carbons (Fsp3) is 0.455. The first-order chi connectivity index (χ1) is 6.15. The van der Waals surface area contributed by atoms with Crippen LogP contribution < -0.4 is 4.74 Å². The number of benzene rings is 1. The van der Waals surface area contributed by atoms with Gasteiger partial charge in [0.1, 0.15) is 5.75 Å². The molecule has 0 aliphatic heterocycles. The largest absolute Gasteiger partial charge is 0.497 e. The lowest BCUT2D eigenvalue weighted by Crippen LogP contribution is -2.16. The minimum absolute atomic E-state index is 0.450. The lowest BCUT2D eigenvalue weighted by molar-refractivity contribution is 0.320. The monoisotopic (exact) mass is 179 g/mol. The third-order valence-electron chi connectivity index (χ3n) is 2.37. The Labute approximate surface area is 80.1 Å². The van der Waals surface area contributed by atoms with Crippen LogP contribution in [0.4, 0.5) is 0 Å². The van der Waals surface area contributed by atoms with E-state index in [1.807, 2.05) is 12.1 Å². The standard InChI is InChI=1S/C11H17NO/c1-9(12(2)3)10-5-7-11(13-4)8-6-10/h5-9H,1-4H3/t9-/m0/s1. The van der Waals surface area contributed by atoms with Crippen molar-refractivity contribution in [3.05, 3.63) is 29.8 Å². The predicted molar refractivity (Wildman–Crippen MR) is 55.1 cm³/mol. The smallest absolute Gasteiger partial charge is 0.118 e. The maximum atomic E-state index is 5.10. The Morgan fingerprint density at radius 3 is 2.08 bits per heavy atom. The molecular formula is C11H17NO. The van der Waals surface area contributed by atoms with Gasteiger partial charge in [0.25, 0.3) is 0 Å². The molecule has 0 amide bonds. The Kier molecular flexibility index (Phi) is 3.32. The van der Waals surface area contributed by atoms with E-state index in [1.54, 1.807) is 7.11 Å². The van der Waals surface area contributed by atoms with Gasteiger partial charge in [-0.15, -0.1) is 0 Å². The molecule has 0 fully saturated rings. The molecular weight excluding hydrogens is 162 g/mol. The molecule has 0 saturated carbocycles. The van der Waals surface area contributed by atoms with Crippen LogP contribution in [0, 0.1) is 0 Å². The molecule has 0 radical (unpaired) electrons. The summed E-state index contributed by atoms with van der Waals surface area (Å²) < 4.78 is 5.10. The first-order valence-electron chi connectivity index (χ1n) is 4.45. The van der Waals surface area contributed by atoms with Crippen molar-refractivity contribution in [1.29, 1.82) is 0 Å². The van der Waals surface area contributed by atoms with Crippen molar-refractivity contribution in [2.45, 2.75) is 13.0 Å². The molecule has 2 heteroatoms. The van der Waals surface area contributed by atoms with Gasteiger partial charge in [0.05, 0.1) is 7.11 Å². The second-order valence-corrected chi connectivity index (χ2v) is 3.41. The van der Waals surface area contributed by atoms with Crippen LogP contribution in [-0.2, 0) is 0 Å². The average Bonchev–Trinajstić information content (AvgIpc) is 2.17. The van der Waals surface area contributed by atoms with Crippen LogP contribution in [0.3, 0.4) is 0 Å². The van der Waals surface area contributed by atoms with Gasteiger partial charge in [-0.05, 0) is 38.7 Å². The normalized spacial score (nSPS) is 13.0. The summed E-state index contributed by atoms with van der Waals surface area (Å²) in [6.45, 7) is 2.18. The zero-order valence-corrected chi connectivity index (χ0v) is 8.74. The molecule has 0 aromatic heterocycles. The van der Waals surface area contributed by atoms with Crippen molar-refractivity contribution in [2.24, 2.45) is 0 Å². The van der Waals surface area contributed by atoms with Crippen molar-refractivity contribution in [3.8, 4) is 5.75 Å². The van der Waals surface area contributed by atoms with Crippen LogP contribution in [0.2, 0.25) is 0 Å². The van der Waals surface area contributed by atoms with Gasteiger partial charge in [0.2, 0.25) is 0 Å². The minimum Gasteiger partial charge on any atom is -0.497 e. The second-order valence-electron chi connectivity index (χ2n) is 3.41. The van der Waals surface area contributed by atoms with E-state index < -0.39 is 0 Å². The van der Waals surface area contributed by atoms with Crippen LogP contribution in [-0.4, -0.2) is 26.1 Å². The lowest BCUT2D eigenvalue weighted by atomic mass is 10.1. The molecule has 1 atom stereocenters. The number of hydrogen-bond donors (Lipinski definition) is 0. The van der Waals surface area contributed by atoms with Gasteiger partial charge in [-0.25, -0.2) is 0 Å². The Hall–Kier alpha value is -1.02. The zero-order valence-electron chi connectivity index (χ0n) is 8.74. The van der Waals surface area contributed by atoms with Crippen molar-refractivity contribution in [1.82, 2.24) is 4.90 Å². The number of nitrogens with zero attached hydrogens (tertiary/aromatic N) is 1. The van der Waals surface area contributed by atoms with E-state index in [9.17, 15) is 0 Å². The van der Waals surface area contributed by atoms with E-state index in [1.165, 1.54) is 5.56 Å². The van der Waals surface area contributed by atoms with Crippen LogP contribution in [0.1, 0.15) is 18.5 Å². The summed E-state index contributed by atoms with van der Waals surface area (Å²) in [6, 6.07) is 8.64. The average molecular weight is 179 g/mol. The van der Waals surface area contributed by atoms with E-state index in [4.69, 9.17) is 4.74 Å². The summed E-state index contributed by atoms with van der Waals surface area (Å²) in [7, 11) is 5.84. The second kappa shape index (κ2) is 4.28. The molecule has 0 aliphatic rings. The molecule has 0 N–H and O–H groups in total. The highest BCUT2D eigenvalue weighted by Crippen LogP contribution is 2.19. The SMILES string of the molecule is COc1ccc([C@H](C)N(C)C)cc1. The summed E-state index contributed by atoms with van der Waals surface area (Å²) in [5, 5.41) is 0. The van der Waals surface area contributed by atoms with Gasteiger partial charge in [-0.3, -0.25) is 0 Å². The molecule has 2 nitrogen and oxygen atoms in total. The highest BCUT2D eigenvalue weighted by Gasteiger charge is 2.06. The molecule has 1 aromatic carbocycles. The minimum atomic E-state index is 0.450. The Bertz CT molecular complexity index is 253. The van der Waals surface area contributed by atoms with E-state index in [0.29, 0.717) is 6.04 Å². The maximum absolute atomic E-state index is 5.10. The summed E-state index contributed by atoms with van der Waals surface area (Å²) in [4.78, 5) is 2.18. The van der Waals surface area contributed by atoms with Crippen molar-refractivity contribution in [3.63, 3.8) is 0 Å². The first kappa shape index (κ1) is 10.1. The van der Waals surface area contributed by atoms with Gasteiger partial charge < -0.3 is 9.64 Å². The van der Waals surface area contributed by atoms with E-state index in [2.05, 4.69) is 38.1 Å². The lowest BCUT2D eigenvalue weighted by Gasteiger charge is -2.20. The summed E-state index contributed by atoms with van der Waals surface area (Å²) in [6.07, 6.45) is 0. The molecule has 0 bridgehead atoms. The highest BCUT2D eigenvalue weighted by molar-refractivity contribution is 5.28. The molecule has 13 heavy (non-hydrogen) atoms. The predicted octanol–water partition coefficient (Wildman–Crippen LogP) is 2.32. The Morgan fingerprint density at radius 1 is 1.15 bits per heavy atom. The van der Waals surface area contributed by atoms with Gasteiger partial charge in [0.15, 0.2) is 0 Å². The summed E-state index contributed by atoms with van der Waals surface area (Å²) in [5.74, 6) is 0.912. The van der Waals surface area contributed by atoms with Crippen molar-refractivity contribution in [2.75, 3.05) is 21.2 Å². The van der Waals surface area contributed by atoms with Crippen molar-refractivity contribution < 1.29 is 4.74 Å². The molecule has 0 aliphatic carbocycles. The molecule has 1 rings (SSSR count). The number of ether oxygens (including phenoxy) is 1. The molecule has 1 aromatic rings. The number of rotatable bonds is 3. The quantitative estimate of drug-likeness (QED) is 0.706. The van der Waals surface area contributed by atoms with Crippen LogP contribution >= 0.6 is 0 Å². The van der Waals surface area contributed by atoms with E-state index in [-0.39, 0.29) is 0 Å². The van der Waals surface area contributed by atoms with Gasteiger partial charge >= 0.3 is 0 Å². The van der Waals surface area contributed by atoms with Crippen LogP contribution in [0.5, 0.6) is 5.75 Å². The Morgan fingerprint density at radius 2 is 1.69 bits per heavy atom. The highest BCUT2D eigenvalue weighted by atomic mass is 16.5. The maximum Gasteiger partial charge on any atom is 0.118 e. The van der Waals surface area contributed by atoms with E-state index in [0.717, 1.165) is 5.75 Å². The molecule has 0 spiro atoms. The number of methoxy groups -OCH3 is 1. The third kappa shape index (κ3) is 2.46. The molecule has 72 valence electrons. The van der Waals surface area contributed by atoms with Crippen molar-refractivity contribution >= 4 is 0 Å². The fourth-order valence-corrected chi connectivity index (χ4v) is 1.18. The molecule has 0 unspecified atom stereocenters. The summed E-state index contributed by atoms with van der Waals surface area (Å²) in [5.41, 5.74) is 1.31. The Balaban J connectivity index is 2.79.